The van der Waals surface area contributed by atoms with Gasteiger partial charge in [-0.05, 0) is 43.7 Å². The third kappa shape index (κ3) is 4.51. The SMILES string of the molecule is CCCC(C)c1nnc(-c2nn(-c3ccc(Cl)cc3Cl)c(-c3ccc(Cl)cc3)c2C)s1. The average molecular weight is 492 g/mol. The molecule has 1 atom stereocenters. The summed E-state index contributed by atoms with van der Waals surface area (Å²) in [5.41, 5.74) is 4.45. The second-order valence-corrected chi connectivity index (χ2v) is 9.76. The van der Waals surface area contributed by atoms with Gasteiger partial charge in [0.15, 0.2) is 5.01 Å². The lowest BCUT2D eigenvalue weighted by Crippen LogP contribution is -2.00. The van der Waals surface area contributed by atoms with Gasteiger partial charge in [-0.1, -0.05) is 78.5 Å². The van der Waals surface area contributed by atoms with Crippen molar-refractivity contribution in [3.63, 3.8) is 0 Å². The minimum Gasteiger partial charge on any atom is -0.231 e. The minimum absolute atomic E-state index is 0.375. The van der Waals surface area contributed by atoms with E-state index in [4.69, 9.17) is 39.9 Å². The van der Waals surface area contributed by atoms with Crippen LogP contribution < -0.4 is 0 Å². The van der Waals surface area contributed by atoms with Crippen molar-refractivity contribution in [2.24, 2.45) is 0 Å². The lowest BCUT2D eigenvalue weighted by Gasteiger charge is -2.11. The molecule has 0 aliphatic heterocycles. The van der Waals surface area contributed by atoms with Crippen molar-refractivity contribution in [2.45, 2.75) is 39.5 Å². The second kappa shape index (κ2) is 9.29. The molecule has 0 saturated carbocycles. The Morgan fingerprint density at radius 1 is 1.00 bits per heavy atom. The van der Waals surface area contributed by atoms with Crippen LogP contribution in [0.4, 0.5) is 0 Å². The van der Waals surface area contributed by atoms with Crippen LogP contribution in [-0.2, 0) is 0 Å². The van der Waals surface area contributed by atoms with Crippen molar-refractivity contribution in [1.82, 2.24) is 20.0 Å². The summed E-state index contributed by atoms with van der Waals surface area (Å²) in [4.78, 5) is 0. The Hall–Kier alpha value is -1.92. The molecule has 0 aliphatic rings. The summed E-state index contributed by atoms with van der Waals surface area (Å²) < 4.78 is 1.85. The topological polar surface area (TPSA) is 43.6 Å². The molecule has 160 valence electrons. The third-order valence-corrected chi connectivity index (χ3v) is 7.12. The van der Waals surface area contributed by atoms with Gasteiger partial charge in [0, 0.05) is 27.1 Å². The minimum atomic E-state index is 0.375. The van der Waals surface area contributed by atoms with E-state index in [2.05, 4.69) is 24.0 Å². The Balaban J connectivity index is 1.89. The van der Waals surface area contributed by atoms with Crippen molar-refractivity contribution in [3.05, 3.63) is 68.1 Å². The normalized spacial score (nSPS) is 12.3. The quantitative estimate of drug-likeness (QED) is 0.273. The molecular weight excluding hydrogens is 471 g/mol. The predicted octanol–water partition coefficient (Wildman–Crippen LogP) is 8.23. The lowest BCUT2D eigenvalue weighted by atomic mass is 10.1. The average Bonchev–Trinajstić information content (AvgIpc) is 3.34. The van der Waals surface area contributed by atoms with Crippen LogP contribution in [0.3, 0.4) is 0 Å². The molecule has 2 aromatic heterocycles. The van der Waals surface area contributed by atoms with Crippen LogP contribution in [0.15, 0.2) is 42.5 Å². The van der Waals surface area contributed by atoms with Gasteiger partial charge in [0.05, 0.1) is 16.4 Å². The number of hydrogen-bond acceptors (Lipinski definition) is 4. The largest absolute Gasteiger partial charge is 0.231 e. The van der Waals surface area contributed by atoms with E-state index in [1.54, 1.807) is 23.5 Å². The highest BCUT2D eigenvalue weighted by Gasteiger charge is 2.23. The fourth-order valence-electron chi connectivity index (χ4n) is 3.56. The molecule has 0 fully saturated rings. The highest BCUT2D eigenvalue weighted by molar-refractivity contribution is 7.14. The van der Waals surface area contributed by atoms with Gasteiger partial charge in [0.25, 0.3) is 0 Å². The molecule has 4 nitrogen and oxygen atoms in total. The van der Waals surface area contributed by atoms with Gasteiger partial charge < -0.3 is 0 Å². The number of hydrogen-bond donors (Lipinski definition) is 0. The number of rotatable bonds is 6. The van der Waals surface area contributed by atoms with Crippen LogP contribution in [0.25, 0.3) is 27.6 Å². The number of halogens is 3. The Morgan fingerprint density at radius 2 is 1.71 bits per heavy atom. The molecule has 4 aromatic rings. The summed E-state index contributed by atoms with van der Waals surface area (Å²) in [6.45, 7) is 6.41. The van der Waals surface area contributed by atoms with Crippen molar-refractivity contribution < 1.29 is 0 Å². The highest BCUT2D eigenvalue weighted by atomic mass is 35.5. The van der Waals surface area contributed by atoms with E-state index in [9.17, 15) is 0 Å². The molecule has 2 aromatic carbocycles. The standard InChI is InChI=1S/C23H21Cl3N4S/c1-4-5-13(2)22-27-28-23(31-22)20-14(3)21(15-6-8-16(24)9-7-15)30(29-20)19-11-10-17(25)12-18(19)26/h6-13H,4-5H2,1-3H3. The van der Waals surface area contributed by atoms with Crippen molar-refractivity contribution in [2.75, 3.05) is 0 Å². The maximum atomic E-state index is 6.54. The van der Waals surface area contributed by atoms with Gasteiger partial charge in [0.1, 0.15) is 10.7 Å². The molecule has 0 spiro atoms. The molecule has 0 bridgehead atoms. The molecule has 0 aliphatic carbocycles. The maximum absolute atomic E-state index is 6.54. The van der Waals surface area contributed by atoms with E-state index in [1.807, 2.05) is 41.9 Å². The van der Waals surface area contributed by atoms with Crippen LogP contribution >= 0.6 is 46.1 Å². The molecule has 8 heteroatoms. The van der Waals surface area contributed by atoms with Crippen LogP contribution in [0.2, 0.25) is 15.1 Å². The molecule has 0 radical (unpaired) electrons. The van der Waals surface area contributed by atoms with Gasteiger partial charge in [0.2, 0.25) is 0 Å². The predicted molar refractivity (Wildman–Crippen MR) is 131 cm³/mol. The van der Waals surface area contributed by atoms with Crippen molar-refractivity contribution in [3.8, 4) is 27.6 Å². The van der Waals surface area contributed by atoms with Crippen LogP contribution in [0.1, 0.15) is 43.2 Å². The monoisotopic (exact) mass is 490 g/mol. The van der Waals surface area contributed by atoms with Crippen LogP contribution in [0, 0.1) is 6.92 Å². The van der Waals surface area contributed by atoms with Gasteiger partial charge in [-0.25, -0.2) is 4.68 Å². The maximum Gasteiger partial charge on any atom is 0.168 e. The molecule has 2 heterocycles. The molecule has 1 unspecified atom stereocenters. The fraction of sp³-hybridized carbons (Fsp3) is 0.261. The summed E-state index contributed by atoms with van der Waals surface area (Å²) in [6.07, 6.45) is 2.19. The third-order valence-electron chi connectivity index (χ3n) is 5.16. The zero-order valence-corrected chi connectivity index (χ0v) is 20.4. The second-order valence-electron chi connectivity index (χ2n) is 7.47. The summed E-state index contributed by atoms with van der Waals surface area (Å²) in [7, 11) is 0. The number of nitrogens with zero attached hydrogens (tertiary/aromatic N) is 4. The van der Waals surface area contributed by atoms with Gasteiger partial charge in [-0.2, -0.15) is 5.10 Å². The number of benzene rings is 2. The van der Waals surface area contributed by atoms with Gasteiger partial charge in [-0.3, -0.25) is 0 Å². The molecule has 0 amide bonds. The summed E-state index contributed by atoms with van der Waals surface area (Å²) in [5, 5.41) is 17.4. The van der Waals surface area contributed by atoms with E-state index in [-0.39, 0.29) is 0 Å². The summed E-state index contributed by atoms with van der Waals surface area (Å²) in [6, 6.07) is 13.1. The van der Waals surface area contributed by atoms with Crippen molar-refractivity contribution >= 4 is 46.1 Å². The van der Waals surface area contributed by atoms with Crippen molar-refractivity contribution in [1.29, 1.82) is 0 Å². The Kier molecular flexibility index (Phi) is 6.68. The van der Waals surface area contributed by atoms with E-state index in [0.717, 1.165) is 51.1 Å². The zero-order chi connectivity index (χ0) is 22.1. The van der Waals surface area contributed by atoms with Crippen LogP contribution in [-0.4, -0.2) is 20.0 Å². The first kappa shape index (κ1) is 22.3. The van der Waals surface area contributed by atoms with Gasteiger partial charge >= 0.3 is 0 Å². The first-order valence-electron chi connectivity index (χ1n) is 10.0. The molecular formula is C23H21Cl3N4S. The molecule has 0 saturated heterocycles. The Labute approximate surface area is 200 Å². The smallest absolute Gasteiger partial charge is 0.168 e. The van der Waals surface area contributed by atoms with Crippen LogP contribution in [0.5, 0.6) is 0 Å². The number of aromatic nitrogens is 4. The Bertz CT molecular complexity index is 1210. The molecule has 4 rings (SSSR count). The summed E-state index contributed by atoms with van der Waals surface area (Å²) >= 11 is 20.4. The highest BCUT2D eigenvalue weighted by Crippen LogP contribution is 2.38. The zero-order valence-electron chi connectivity index (χ0n) is 17.4. The Morgan fingerprint density at radius 3 is 2.39 bits per heavy atom. The van der Waals surface area contributed by atoms with E-state index < -0.39 is 0 Å². The van der Waals surface area contributed by atoms with E-state index >= 15 is 0 Å². The molecule has 0 N–H and O–H groups in total. The molecule has 31 heavy (non-hydrogen) atoms. The van der Waals surface area contributed by atoms with E-state index in [1.165, 1.54) is 0 Å². The van der Waals surface area contributed by atoms with E-state index in [0.29, 0.717) is 21.0 Å². The first-order chi connectivity index (χ1) is 14.9. The fourth-order valence-corrected chi connectivity index (χ4v) is 5.14. The lowest BCUT2D eigenvalue weighted by molar-refractivity contribution is 0.654. The summed E-state index contributed by atoms with van der Waals surface area (Å²) in [5.74, 6) is 0.375. The first-order valence-corrected chi connectivity index (χ1v) is 12.0. The van der Waals surface area contributed by atoms with Gasteiger partial charge in [-0.15, -0.1) is 10.2 Å².